The Morgan fingerprint density at radius 1 is 0.933 bits per heavy atom. The van der Waals surface area contributed by atoms with Crippen molar-refractivity contribution in [3.63, 3.8) is 0 Å². The summed E-state index contributed by atoms with van der Waals surface area (Å²) in [5.74, 6) is 0.615. The van der Waals surface area contributed by atoms with Crippen molar-refractivity contribution < 1.29 is 14.3 Å². The Balaban J connectivity index is 1.34. The molecule has 6 heteroatoms. The summed E-state index contributed by atoms with van der Waals surface area (Å²) in [6.07, 6.45) is 0.385. The van der Waals surface area contributed by atoms with E-state index >= 15 is 0 Å². The topological polar surface area (TPSA) is 53.1 Å². The van der Waals surface area contributed by atoms with Gasteiger partial charge in [0.05, 0.1) is 12.0 Å². The number of benzene rings is 2. The molecule has 2 saturated heterocycles. The molecule has 2 fully saturated rings. The van der Waals surface area contributed by atoms with Crippen LogP contribution in [0.2, 0.25) is 0 Å². The van der Waals surface area contributed by atoms with E-state index in [1.165, 1.54) is 5.69 Å². The number of rotatable bonds is 5. The molecule has 2 aromatic carbocycles. The second-order valence-electron chi connectivity index (χ2n) is 8.21. The molecule has 1 atom stereocenters. The number of piperazine rings is 1. The lowest BCUT2D eigenvalue weighted by Crippen LogP contribution is -2.50. The standard InChI is InChI=1S/C24H29N3O3/c1-18(2)30-22-10-8-21(9-11-22)27-17-19(16-23(27)28)24(29)26-14-12-25(13-15-26)20-6-4-3-5-7-20/h3-11,18-19H,12-17H2,1-2H3. The lowest BCUT2D eigenvalue weighted by molar-refractivity contribution is -0.136. The fourth-order valence-corrected chi connectivity index (χ4v) is 4.18. The highest BCUT2D eigenvalue weighted by atomic mass is 16.5. The number of hydrogen-bond acceptors (Lipinski definition) is 4. The van der Waals surface area contributed by atoms with E-state index in [0.29, 0.717) is 19.6 Å². The molecule has 2 heterocycles. The zero-order chi connectivity index (χ0) is 21.1. The highest BCUT2D eigenvalue weighted by molar-refractivity contribution is 6.00. The van der Waals surface area contributed by atoms with E-state index in [4.69, 9.17) is 4.74 Å². The summed E-state index contributed by atoms with van der Waals surface area (Å²) in [6.45, 7) is 7.43. The minimum atomic E-state index is -0.271. The highest BCUT2D eigenvalue weighted by Gasteiger charge is 2.38. The van der Waals surface area contributed by atoms with Gasteiger partial charge < -0.3 is 19.4 Å². The van der Waals surface area contributed by atoms with Crippen molar-refractivity contribution in [1.82, 2.24) is 4.90 Å². The Kier molecular flexibility index (Phi) is 5.93. The third kappa shape index (κ3) is 4.42. The third-order valence-electron chi connectivity index (χ3n) is 5.71. The third-order valence-corrected chi connectivity index (χ3v) is 5.71. The molecule has 1 unspecified atom stereocenters. The van der Waals surface area contributed by atoms with Crippen LogP contribution in [0.25, 0.3) is 0 Å². The summed E-state index contributed by atoms with van der Waals surface area (Å²) in [5.41, 5.74) is 2.01. The van der Waals surface area contributed by atoms with E-state index < -0.39 is 0 Å². The normalized spacial score (nSPS) is 19.5. The molecule has 0 N–H and O–H groups in total. The maximum absolute atomic E-state index is 13.0. The number of anilines is 2. The molecule has 0 aromatic heterocycles. The molecule has 2 aliphatic heterocycles. The number of nitrogens with zero attached hydrogens (tertiary/aromatic N) is 3. The van der Waals surface area contributed by atoms with E-state index in [1.54, 1.807) is 4.90 Å². The van der Waals surface area contributed by atoms with Gasteiger partial charge in [-0.2, -0.15) is 0 Å². The fourth-order valence-electron chi connectivity index (χ4n) is 4.18. The molecule has 0 saturated carbocycles. The van der Waals surface area contributed by atoms with Crippen LogP contribution < -0.4 is 14.5 Å². The minimum Gasteiger partial charge on any atom is -0.491 e. The number of carbonyl (C=O) groups excluding carboxylic acids is 2. The maximum atomic E-state index is 13.0. The molecule has 4 rings (SSSR count). The zero-order valence-electron chi connectivity index (χ0n) is 17.7. The van der Waals surface area contributed by atoms with Gasteiger partial charge in [-0.25, -0.2) is 0 Å². The molecular weight excluding hydrogens is 378 g/mol. The van der Waals surface area contributed by atoms with Gasteiger partial charge in [0.25, 0.3) is 0 Å². The first kappa shape index (κ1) is 20.3. The first-order valence-corrected chi connectivity index (χ1v) is 10.7. The first-order chi connectivity index (χ1) is 14.5. The van der Waals surface area contributed by atoms with E-state index in [-0.39, 0.29) is 30.3 Å². The predicted molar refractivity (Wildman–Crippen MR) is 118 cm³/mol. The SMILES string of the molecule is CC(C)Oc1ccc(N2CC(C(=O)N3CCN(c4ccccc4)CC3)CC2=O)cc1. The van der Waals surface area contributed by atoms with Crippen LogP contribution >= 0.6 is 0 Å². The van der Waals surface area contributed by atoms with Gasteiger partial charge in [0.1, 0.15) is 5.75 Å². The van der Waals surface area contributed by atoms with Gasteiger partial charge in [0.15, 0.2) is 0 Å². The quantitative estimate of drug-likeness (QED) is 0.764. The van der Waals surface area contributed by atoms with Crippen molar-refractivity contribution in [2.75, 3.05) is 42.5 Å². The molecule has 30 heavy (non-hydrogen) atoms. The van der Waals surface area contributed by atoms with Crippen LogP contribution in [0.15, 0.2) is 54.6 Å². The number of carbonyl (C=O) groups is 2. The molecule has 0 radical (unpaired) electrons. The van der Waals surface area contributed by atoms with Crippen LogP contribution in [0.3, 0.4) is 0 Å². The highest BCUT2D eigenvalue weighted by Crippen LogP contribution is 2.28. The lowest BCUT2D eigenvalue weighted by Gasteiger charge is -2.37. The van der Waals surface area contributed by atoms with Gasteiger partial charge >= 0.3 is 0 Å². The van der Waals surface area contributed by atoms with Crippen LogP contribution in [0, 0.1) is 5.92 Å². The maximum Gasteiger partial charge on any atom is 0.228 e. The number of amides is 2. The Morgan fingerprint density at radius 3 is 2.23 bits per heavy atom. The Labute approximate surface area is 178 Å². The van der Waals surface area contributed by atoms with E-state index in [2.05, 4.69) is 17.0 Å². The first-order valence-electron chi connectivity index (χ1n) is 10.7. The van der Waals surface area contributed by atoms with Crippen LogP contribution in [0.4, 0.5) is 11.4 Å². The van der Waals surface area contributed by atoms with Crippen LogP contribution in [0.1, 0.15) is 20.3 Å². The van der Waals surface area contributed by atoms with Crippen molar-refractivity contribution in [2.24, 2.45) is 5.92 Å². The van der Waals surface area contributed by atoms with E-state index in [0.717, 1.165) is 24.5 Å². The molecule has 2 aromatic rings. The second-order valence-corrected chi connectivity index (χ2v) is 8.21. The van der Waals surface area contributed by atoms with Gasteiger partial charge in [-0.15, -0.1) is 0 Å². The smallest absolute Gasteiger partial charge is 0.228 e. The Bertz CT molecular complexity index is 874. The molecule has 0 spiro atoms. The summed E-state index contributed by atoms with van der Waals surface area (Å²) in [6, 6.07) is 17.8. The van der Waals surface area contributed by atoms with Crippen molar-refractivity contribution in [1.29, 1.82) is 0 Å². The summed E-state index contributed by atoms with van der Waals surface area (Å²) >= 11 is 0. The van der Waals surface area contributed by atoms with Crippen LogP contribution in [0.5, 0.6) is 5.75 Å². The van der Waals surface area contributed by atoms with E-state index in [1.807, 2.05) is 61.2 Å². The summed E-state index contributed by atoms with van der Waals surface area (Å²) < 4.78 is 5.67. The largest absolute Gasteiger partial charge is 0.491 e. The predicted octanol–water partition coefficient (Wildman–Crippen LogP) is 3.18. The van der Waals surface area contributed by atoms with Crippen molar-refractivity contribution in [2.45, 2.75) is 26.4 Å². The Hall–Kier alpha value is -3.02. The zero-order valence-corrected chi connectivity index (χ0v) is 17.7. The van der Waals surface area contributed by atoms with Crippen molar-refractivity contribution >= 4 is 23.2 Å². The minimum absolute atomic E-state index is 0.00815. The molecule has 0 aliphatic carbocycles. The number of para-hydroxylation sites is 1. The Morgan fingerprint density at radius 2 is 1.60 bits per heavy atom. The van der Waals surface area contributed by atoms with Gasteiger partial charge in [0.2, 0.25) is 11.8 Å². The van der Waals surface area contributed by atoms with Gasteiger partial charge in [-0.3, -0.25) is 9.59 Å². The molecular formula is C24H29N3O3. The van der Waals surface area contributed by atoms with Gasteiger partial charge in [0, 0.05) is 50.5 Å². The average Bonchev–Trinajstić information content (AvgIpc) is 3.16. The molecule has 2 aliphatic rings. The van der Waals surface area contributed by atoms with E-state index in [9.17, 15) is 9.59 Å². The monoisotopic (exact) mass is 407 g/mol. The fraction of sp³-hybridized carbons (Fsp3) is 0.417. The average molecular weight is 408 g/mol. The van der Waals surface area contributed by atoms with Crippen molar-refractivity contribution in [3.8, 4) is 5.75 Å². The summed E-state index contributed by atoms with van der Waals surface area (Å²) in [4.78, 5) is 31.6. The molecule has 0 bridgehead atoms. The van der Waals surface area contributed by atoms with Gasteiger partial charge in [-0.05, 0) is 50.2 Å². The second kappa shape index (κ2) is 8.78. The van der Waals surface area contributed by atoms with Crippen molar-refractivity contribution in [3.05, 3.63) is 54.6 Å². The summed E-state index contributed by atoms with van der Waals surface area (Å²) in [7, 11) is 0. The molecule has 2 amide bonds. The summed E-state index contributed by atoms with van der Waals surface area (Å²) in [5, 5.41) is 0. The van der Waals surface area contributed by atoms with Crippen LogP contribution in [-0.2, 0) is 9.59 Å². The molecule has 6 nitrogen and oxygen atoms in total. The number of hydrogen-bond donors (Lipinski definition) is 0. The molecule has 158 valence electrons. The number of ether oxygens (including phenoxy) is 1. The van der Waals surface area contributed by atoms with Crippen LogP contribution in [-0.4, -0.2) is 55.5 Å². The lowest BCUT2D eigenvalue weighted by atomic mass is 10.1. The van der Waals surface area contributed by atoms with Gasteiger partial charge in [-0.1, -0.05) is 18.2 Å².